The number of hydrogen-bond acceptors (Lipinski definition) is 3. The molecule has 0 aliphatic carbocycles. The Morgan fingerprint density at radius 2 is 2.36 bits per heavy atom. The normalized spacial score (nSPS) is 9.57. The van der Waals surface area contributed by atoms with Crippen molar-refractivity contribution in [3.8, 4) is 0 Å². The van der Waals surface area contributed by atoms with Gasteiger partial charge in [-0.15, -0.1) is 0 Å². The molecule has 1 aromatic rings. The third kappa shape index (κ3) is 2.33. The molecule has 1 aromatic carbocycles. The summed E-state index contributed by atoms with van der Waals surface area (Å²) in [6.07, 6.45) is 0.756. The minimum absolute atomic E-state index is 0.198. The maximum absolute atomic E-state index is 10.2. The second-order valence-corrected chi connectivity index (χ2v) is 3.24. The van der Waals surface area contributed by atoms with E-state index in [4.69, 9.17) is 17.0 Å². The first-order valence-electron chi connectivity index (χ1n) is 4.18. The molecule has 3 nitrogen and oxygen atoms in total. The average Bonchev–Trinajstić information content (AvgIpc) is 2.15. The molecule has 0 fully saturated rings. The van der Waals surface area contributed by atoms with E-state index < -0.39 is 0 Å². The van der Waals surface area contributed by atoms with Crippen LogP contribution in [0.1, 0.15) is 12.5 Å². The van der Waals surface area contributed by atoms with E-state index in [1.807, 2.05) is 0 Å². The Balaban J connectivity index is 3.08. The first-order valence-corrected chi connectivity index (χ1v) is 4.56. The van der Waals surface area contributed by atoms with Gasteiger partial charge in [-0.05, 0) is 13.0 Å². The Morgan fingerprint density at radius 1 is 1.64 bits per heavy atom. The van der Waals surface area contributed by atoms with E-state index in [1.54, 1.807) is 25.1 Å². The number of rotatable bonds is 4. The predicted octanol–water partition coefficient (Wildman–Crippen LogP) is 2.34. The van der Waals surface area contributed by atoms with Crippen molar-refractivity contribution >= 4 is 29.3 Å². The Kier molecular flexibility index (Phi) is 3.65. The molecule has 0 aliphatic heterocycles. The lowest BCUT2D eigenvalue weighted by Gasteiger charge is -2.10. The van der Waals surface area contributed by atoms with Gasteiger partial charge in [0.25, 0.3) is 0 Å². The van der Waals surface area contributed by atoms with E-state index in [-0.39, 0.29) is 6.54 Å². The summed E-state index contributed by atoms with van der Waals surface area (Å²) >= 11 is 5.93. The zero-order valence-electron chi connectivity index (χ0n) is 7.80. The van der Waals surface area contributed by atoms with Gasteiger partial charge in [0.15, 0.2) is 0 Å². The fraction of sp³-hybridized carbons (Fsp3) is 0.200. The first-order chi connectivity index (χ1) is 6.66. The molecule has 0 bridgehead atoms. The topological polar surface area (TPSA) is 53.0 Å². The smallest absolute Gasteiger partial charge is 0.139 e. The standard InChI is InChI=1S/C10H11ClN2O/c1-7(12)8-3-2-4-9(11)10(8)13-5-6-14/h2-4,6,12-13H,5H2,1H3. The molecule has 0 atom stereocenters. The van der Waals surface area contributed by atoms with E-state index in [0.717, 1.165) is 11.8 Å². The summed E-state index contributed by atoms with van der Waals surface area (Å²) in [6.45, 7) is 1.88. The molecule has 0 aliphatic rings. The number of halogens is 1. The molecule has 74 valence electrons. The number of carbonyl (C=O) groups is 1. The van der Waals surface area contributed by atoms with Gasteiger partial charge in [-0.25, -0.2) is 0 Å². The lowest BCUT2D eigenvalue weighted by molar-refractivity contribution is -0.106. The summed E-state index contributed by atoms with van der Waals surface area (Å²) in [5.74, 6) is 0. The summed E-state index contributed by atoms with van der Waals surface area (Å²) in [4.78, 5) is 10.2. The third-order valence-electron chi connectivity index (χ3n) is 1.78. The molecule has 0 radical (unpaired) electrons. The number of nitrogens with one attached hydrogen (secondary N) is 2. The van der Waals surface area contributed by atoms with Gasteiger partial charge in [0, 0.05) is 11.3 Å². The number of benzene rings is 1. The summed E-state index contributed by atoms with van der Waals surface area (Å²) in [5, 5.41) is 10.9. The summed E-state index contributed by atoms with van der Waals surface area (Å²) < 4.78 is 0. The van der Waals surface area contributed by atoms with Crippen LogP contribution in [0.2, 0.25) is 5.02 Å². The minimum Gasteiger partial charge on any atom is -0.377 e. The van der Waals surface area contributed by atoms with E-state index in [9.17, 15) is 4.79 Å². The molecule has 1 rings (SSSR count). The Hall–Kier alpha value is -1.35. The van der Waals surface area contributed by atoms with Crippen molar-refractivity contribution in [3.63, 3.8) is 0 Å². The van der Waals surface area contributed by atoms with Crippen LogP contribution in [-0.2, 0) is 4.79 Å². The van der Waals surface area contributed by atoms with Crippen LogP contribution >= 0.6 is 11.6 Å². The highest BCUT2D eigenvalue weighted by atomic mass is 35.5. The monoisotopic (exact) mass is 210 g/mol. The van der Waals surface area contributed by atoms with Crippen molar-refractivity contribution in [1.29, 1.82) is 5.41 Å². The number of carbonyl (C=O) groups excluding carboxylic acids is 1. The lowest BCUT2D eigenvalue weighted by Crippen LogP contribution is -2.07. The predicted molar refractivity (Wildman–Crippen MR) is 58.5 cm³/mol. The number of para-hydroxylation sites is 1. The van der Waals surface area contributed by atoms with Crippen LogP contribution < -0.4 is 5.32 Å². The second kappa shape index (κ2) is 4.77. The Bertz CT molecular complexity index is 363. The highest BCUT2D eigenvalue weighted by Crippen LogP contribution is 2.25. The van der Waals surface area contributed by atoms with E-state index >= 15 is 0 Å². The fourth-order valence-corrected chi connectivity index (χ4v) is 1.40. The van der Waals surface area contributed by atoms with Crippen LogP contribution in [0.5, 0.6) is 0 Å². The van der Waals surface area contributed by atoms with Crippen LogP contribution in [0.25, 0.3) is 0 Å². The van der Waals surface area contributed by atoms with E-state index in [0.29, 0.717) is 16.4 Å². The van der Waals surface area contributed by atoms with Crippen molar-refractivity contribution in [1.82, 2.24) is 0 Å². The third-order valence-corrected chi connectivity index (χ3v) is 2.09. The van der Waals surface area contributed by atoms with Crippen molar-refractivity contribution in [2.45, 2.75) is 6.92 Å². The van der Waals surface area contributed by atoms with Gasteiger partial charge < -0.3 is 15.5 Å². The van der Waals surface area contributed by atoms with Crippen LogP contribution in [-0.4, -0.2) is 18.5 Å². The highest BCUT2D eigenvalue weighted by Gasteiger charge is 2.07. The summed E-state index contributed by atoms with van der Waals surface area (Å²) in [7, 11) is 0. The van der Waals surface area contributed by atoms with Crippen LogP contribution in [0.3, 0.4) is 0 Å². The fourth-order valence-electron chi connectivity index (χ4n) is 1.16. The van der Waals surface area contributed by atoms with Gasteiger partial charge in [0.2, 0.25) is 0 Å². The van der Waals surface area contributed by atoms with Crippen LogP contribution in [0.15, 0.2) is 18.2 Å². The van der Waals surface area contributed by atoms with Gasteiger partial charge in [-0.3, -0.25) is 0 Å². The van der Waals surface area contributed by atoms with Crippen molar-refractivity contribution in [3.05, 3.63) is 28.8 Å². The van der Waals surface area contributed by atoms with Crippen molar-refractivity contribution in [2.24, 2.45) is 0 Å². The van der Waals surface area contributed by atoms with Crippen molar-refractivity contribution in [2.75, 3.05) is 11.9 Å². The zero-order chi connectivity index (χ0) is 10.6. The molecule has 0 saturated heterocycles. The van der Waals surface area contributed by atoms with E-state index in [1.165, 1.54) is 0 Å². The average molecular weight is 211 g/mol. The molecule has 0 unspecified atom stereocenters. The molecule has 0 aromatic heterocycles. The zero-order valence-corrected chi connectivity index (χ0v) is 8.56. The van der Waals surface area contributed by atoms with Gasteiger partial charge in [0.1, 0.15) is 6.29 Å². The summed E-state index contributed by atoms with van der Waals surface area (Å²) in [6, 6.07) is 5.30. The van der Waals surface area contributed by atoms with Gasteiger partial charge in [-0.1, -0.05) is 23.7 Å². The molecular weight excluding hydrogens is 200 g/mol. The molecule has 0 spiro atoms. The highest BCUT2D eigenvalue weighted by molar-refractivity contribution is 6.34. The number of hydrogen-bond donors (Lipinski definition) is 2. The molecule has 4 heteroatoms. The van der Waals surface area contributed by atoms with Crippen molar-refractivity contribution < 1.29 is 4.79 Å². The minimum atomic E-state index is 0.198. The first kappa shape index (κ1) is 10.7. The SMILES string of the molecule is CC(=N)c1cccc(Cl)c1NCC=O. The van der Waals surface area contributed by atoms with Gasteiger partial charge in [0.05, 0.1) is 17.3 Å². The molecule has 14 heavy (non-hydrogen) atoms. The molecule has 2 N–H and O–H groups in total. The molecule has 0 saturated carbocycles. The molecule has 0 heterocycles. The summed E-state index contributed by atoms with van der Waals surface area (Å²) in [5.41, 5.74) is 1.79. The second-order valence-electron chi connectivity index (χ2n) is 2.83. The number of aldehydes is 1. The van der Waals surface area contributed by atoms with Crippen LogP contribution in [0, 0.1) is 5.41 Å². The molecule has 0 amide bonds. The van der Waals surface area contributed by atoms with Crippen LogP contribution in [0.4, 0.5) is 5.69 Å². The Morgan fingerprint density at radius 3 is 2.93 bits per heavy atom. The maximum atomic E-state index is 10.2. The quantitative estimate of drug-likeness (QED) is 0.592. The van der Waals surface area contributed by atoms with E-state index in [2.05, 4.69) is 5.32 Å². The lowest BCUT2D eigenvalue weighted by atomic mass is 10.1. The largest absolute Gasteiger partial charge is 0.377 e. The van der Waals surface area contributed by atoms with Gasteiger partial charge in [-0.2, -0.15) is 0 Å². The van der Waals surface area contributed by atoms with Gasteiger partial charge >= 0.3 is 0 Å². The number of anilines is 1. The molecular formula is C10H11ClN2O. The Labute approximate surface area is 87.6 Å². The maximum Gasteiger partial charge on any atom is 0.139 e.